The van der Waals surface area contributed by atoms with Crippen LogP contribution in [-0.2, 0) is 13.2 Å². The monoisotopic (exact) mass is 399 g/mol. The van der Waals surface area contributed by atoms with Crippen molar-refractivity contribution in [3.63, 3.8) is 0 Å². The lowest BCUT2D eigenvalue weighted by Crippen LogP contribution is -2.15. The molecule has 0 saturated heterocycles. The Labute approximate surface area is 173 Å². The molecule has 0 aliphatic heterocycles. The molecule has 150 valence electrons. The molecule has 0 bridgehead atoms. The van der Waals surface area contributed by atoms with Crippen molar-refractivity contribution in [2.75, 3.05) is 13.2 Å². The van der Waals surface area contributed by atoms with Gasteiger partial charge in [-0.1, -0.05) is 47.5 Å². The minimum absolute atomic E-state index is 0.423. The summed E-state index contributed by atoms with van der Waals surface area (Å²) in [6, 6.07) is 13.9. The van der Waals surface area contributed by atoms with E-state index in [1.54, 1.807) is 5.57 Å². The predicted molar refractivity (Wildman–Crippen MR) is 116 cm³/mol. The molecular weight excluding hydrogens is 370 g/mol. The second-order valence-electron chi connectivity index (χ2n) is 7.13. The van der Waals surface area contributed by atoms with E-state index >= 15 is 0 Å². The summed E-state index contributed by atoms with van der Waals surface area (Å²) in [6.07, 6.45) is 8.79. The fraction of sp³-hybridized carbons (Fsp3) is 0.417. The van der Waals surface area contributed by atoms with Gasteiger partial charge in [0.2, 0.25) is 0 Å². The smallest absolute Gasteiger partial charge is 0.161 e. The maximum atomic E-state index is 6.22. The average Bonchev–Trinajstić information content (AvgIpc) is 2.73. The summed E-state index contributed by atoms with van der Waals surface area (Å²) < 4.78 is 11.8. The molecule has 0 fully saturated rings. The summed E-state index contributed by atoms with van der Waals surface area (Å²) in [4.78, 5) is 0. The molecule has 0 saturated carbocycles. The number of hydrogen-bond donors (Lipinski definition) is 1. The van der Waals surface area contributed by atoms with Crippen LogP contribution in [0.3, 0.4) is 0 Å². The van der Waals surface area contributed by atoms with Crippen LogP contribution in [0.2, 0.25) is 5.02 Å². The van der Waals surface area contributed by atoms with Crippen LogP contribution < -0.4 is 14.8 Å². The topological polar surface area (TPSA) is 30.5 Å². The highest BCUT2D eigenvalue weighted by Gasteiger charge is 2.09. The van der Waals surface area contributed by atoms with Crippen molar-refractivity contribution in [3.8, 4) is 11.5 Å². The highest BCUT2D eigenvalue weighted by atomic mass is 35.5. The molecule has 1 aliphatic carbocycles. The third kappa shape index (κ3) is 6.29. The summed E-state index contributed by atoms with van der Waals surface area (Å²) in [6.45, 7) is 4.86. The number of ether oxygens (including phenoxy) is 2. The SMILES string of the molecule is CCOc1cc(CNCCC2=CCCCC2)ccc1OCc1ccccc1Cl. The second-order valence-corrected chi connectivity index (χ2v) is 7.54. The van der Waals surface area contributed by atoms with Crippen LogP contribution in [0.15, 0.2) is 54.1 Å². The first-order chi connectivity index (χ1) is 13.8. The zero-order chi connectivity index (χ0) is 19.6. The molecular formula is C24H30ClNO2. The molecule has 0 aromatic heterocycles. The normalized spacial score (nSPS) is 13.9. The van der Waals surface area contributed by atoms with Crippen molar-refractivity contribution in [1.29, 1.82) is 0 Å². The molecule has 0 heterocycles. The zero-order valence-corrected chi connectivity index (χ0v) is 17.4. The first-order valence-corrected chi connectivity index (χ1v) is 10.6. The standard InChI is InChI=1S/C24H30ClNO2/c1-2-27-24-16-20(17-26-15-14-19-8-4-3-5-9-19)12-13-23(24)28-18-21-10-6-7-11-22(21)25/h6-8,10-13,16,26H,2-5,9,14-15,17-18H2,1H3. The van der Waals surface area contributed by atoms with E-state index in [2.05, 4.69) is 23.5 Å². The molecule has 0 atom stereocenters. The summed E-state index contributed by atoms with van der Waals surface area (Å²) in [7, 11) is 0. The van der Waals surface area contributed by atoms with Gasteiger partial charge in [0.05, 0.1) is 6.61 Å². The molecule has 0 unspecified atom stereocenters. The minimum atomic E-state index is 0.423. The molecule has 0 amide bonds. The number of rotatable bonds is 10. The van der Waals surface area contributed by atoms with E-state index in [0.29, 0.717) is 13.2 Å². The highest BCUT2D eigenvalue weighted by Crippen LogP contribution is 2.30. The van der Waals surface area contributed by atoms with E-state index in [9.17, 15) is 0 Å². The maximum Gasteiger partial charge on any atom is 0.161 e. The Kier molecular flexibility index (Phi) is 8.25. The molecule has 0 spiro atoms. The Morgan fingerprint density at radius 2 is 1.93 bits per heavy atom. The van der Waals surface area contributed by atoms with Crippen molar-refractivity contribution < 1.29 is 9.47 Å². The van der Waals surface area contributed by atoms with Crippen LogP contribution in [-0.4, -0.2) is 13.2 Å². The largest absolute Gasteiger partial charge is 0.490 e. The van der Waals surface area contributed by atoms with Crippen LogP contribution in [0.4, 0.5) is 0 Å². The van der Waals surface area contributed by atoms with E-state index in [0.717, 1.165) is 41.6 Å². The number of benzene rings is 2. The van der Waals surface area contributed by atoms with Gasteiger partial charge < -0.3 is 14.8 Å². The Hall–Kier alpha value is -1.97. The van der Waals surface area contributed by atoms with E-state index in [1.807, 2.05) is 37.3 Å². The van der Waals surface area contributed by atoms with Gasteiger partial charge in [0.1, 0.15) is 6.61 Å². The maximum absolute atomic E-state index is 6.22. The van der Waals surface area contributed by atoms with E-state index in [4.69, 9.17) is 21.1 Å². The van der Waals surface area contributed by atoms with Crippen LogP contribution in [0.25, 0.3) is 0 Å². The minimum Gasteiger partial charge on any atom is -0.490 e. The van der Waals surface area contributed by atoms with Crippen molar-refractivity contribution >= 4 is 11.6 Å². The molecule has 3 rings (SSSR count). The van der Waals surface area contributed by atoms with Gasteiger partial charge in [0, 0.05) is 17.1 Å². The van der Waals surface area contributed by atoms with E-state index in [-0.39, 0.29) is 0 Å². The molecule has 1 aliphatic rings. The summed E-state index contributed by atoms with van der Waals surface area (Å²) in [5.41, 5.74) is 3.78. The van der Waals surface area contributed by atoms with Crippen LogP contribution in [0.1, 0.15) is 50.2 Å². The van der Waals surface area contributed by atoms with Crippen molar-refractivity contribution in [2.45, 2.75) is 52.2 Å². The molecule has 2 aromatic rings. The Morgan fingerprint density at radius 1 is 1.04 bits per heavy atom. The predicted octanol–water partition coefficient (Wildman–Crippen LogP) is 6.30. The molecule has 0 radical (unpaired) electrons. The molecule has 2 aromatic carbocycles. The van der Waals surface area contributed by atoms with E-state index in [1.165, 1.54) is 31.2 Å². The van der Waals surface area contributed by atoms with Crippen LogP contribution in [0, 0.1) is 0 Å². The zero-order valence-electron chi connectivity index (χ0n) is 16.7. The van der Waals surface area contributed by atoms with Gasteiger partial charge in [-0.15, -0.1) is 0 Å². The van der Waals surface area contributed by atoms with Crippen LogP contribution in [0.5, 0.6) is 11.5 Å². The number of allylic oxidation sites excluding steroid dienone is 1. The van der Waals surface area contributed by atoms with Gasteiger partial charge >= 0.3 is 0 Å². The molecule has 3 nitrogen and oxygen atoms in total. The Bertz CT molecular complexity index is 788. The quantitative estimate of drug-likeness (QED) is 0.375. The fourth-order valence-electron chi connectivity index (χ4n) is 3.43. The van der Waals surface area contributed by atoms with E-state index < -0.39 is 0 Å². The Morgan fingerprint density at radius 3 is 2.71 bits per heavy atom. The lowest BCUT2D eigenvalue weighted by atomic mass is 9.97. The van der Waals surface area contributed by atoms with Crippen molar-refractivity contribution in [1.82, 2.24) is 5.32 Å². The summed E-state index contributed by atoms with van der Waals surface area (Å²) in [5.74, 6) is 1.53. The molecule has 1 N–H and O–H groups in total. The van der Waals surface area contributed by atoms with Gasteiger partial charge in [0.25, 0.3) is 0 Å². The Balaban J connectivity index is 1.54. The third-order valence-corrected chi connectivity index (χ3v) is 5.35. The van der Waals surface area contributed by atoms with Gasteiger partial charge in [-0.2, -0.15) is 0 Å². The highest BCUT2D eigenvalue weighted by molar-refractivity contribution is 6.31. The third-order valence-electron chi connectivity index (χ3n) is 4.99. The second kappa shape index (κ2) is 11.1. The van der Waals surface area contributed by atoms with Gasteiger partial charge in [-0.25, -0.2) is 0 Å². The fourth-order valence-corrected chi connectivity index (χ4v) is 3.62. The van der Waals surface area contributed by atoms with Gasteiger partial charge in [-0.3, -0.25) is 0 Å². The average molecular weight is 400 g/mol. The number of halogens is 1. The lowest BCUT2D eigenvalue weighted by molar-refractivity contribution is 0.269. The summed E-state index contributed by atoms with van der Waals surface area (Å²) >= 11 is 6.22. The number of hydrogen-bond acceptors (Lipinski definition) is 3. The first kappa shape index (κ1) is 20.8. The van der Waals surface area contributed by atoms with Crippen LogP contribution >= 0.6 is 11.6 Å². The van der Waals surface area contributed by atoms with Crippen molar-refractivity contribution in [2.24, 2.45) is 0 Å². The van der Waals surface area contributed by atoms with Gasteiger partial charge in [-0.05, 0) is 69.3 Å². The van der Waals surface area contributed by atoms with Gasteiger partial charge in [0.15, 0.2) is 11.5 Å². The lowest BCUT2D eigenvalue weighted by Gasteiger charge is -2.15. The summed E-state index contributed by atoms with van der Waals surface area (Å²) in [5, 5.41) is 4.27. The van der Waals surface area contributed by atoms with Crippen molar-refractivity contribution in [3.05, 3.63) is 70.3 Å². The molecule has 4 heteroatoms. The molecule has 28 heavy (non-hydrogen) atoms. The number of nitrogens with one attached hydrogen (secondary N) is 1. The first-order valence-electron chi connectivity index (χ1n) is 10.3.